The first-order valence-corrected chi connectivity index (χ1v) is 8.90. The fourth-order valence-electron chi connectivity index (χ4n) is 2.52. The minimum absolute atomic E-state index is 0.153. The Morgan fingerprint density at radius 2 is 1.86 bits per heavy atom. The van der Waals surface area contributed by atoms with Gasteiger partial charge in [-0.15, -0.1) is 0 Å². The number of furan rings is 1. The van der Waals surface area contributed by atoms with E-state index in [0.717, 1.165) is 0 Å². The fourth-order valence-corrected chi connectivity index (χ4v) is 2.78. The monoisotopic (exact) mass is 398 g/mol. The van der Waals surface area contributed by atoms with E-state index in [0.29, 0.717) is 22.6 Å². The van der Waals surface area contributed by atoms with E-state index in [9.17, 15) is 9.59 Å². The van der Waals surface area contributed by atoms with Gasteiger partial charge in [0.15, 0.2) is 5.76 Å². The van der Waals surface area contributed by atoms with Crippen LogP contribution in [0.3, 0.4) is 0 Å². The third kappa shape index (κ3) is 4.53. The van der Waals surface area contributed by atoms with E-state index < -0.39 is 5.91 Å². The molecule has 144 valence electrons. The lowest BCUT2D eigenvalue weighted by Crippen LogP contribution is -2.22. The zero-order valence-corrected chi connectivity index (χ0v) is 16.2. The van der Waals surface area contributed by atoms with Crippen molar-refractivity contribution in [2.24, 2.45) is 0 Å². The number of amides is 2. The Morgan fingerprint density at radius 1 is 1.11 bits per heavy atom. The van der Waals surface area contributed by atoms with Gasteiger partial charge in [-0.05, 0) is 36.4 Å². The van der Waals surface area contributed by atoms with E-state index in [2.05, 4.69) is 5.32 Å². The predicted molar refractivity (Wildman–Crippen MR) is 107 cm³/mol. The minimum Gasteiger partial charge on any atom is -0.489 e. The van der Waals surface area contributed by atoms with Gasteiger partial charge in [0.25, 0.3) is 11.8 Å². The third-order valence-electron chi connectivity index (χ3n) is 3.95. The molecule has 0 unspecified atom stereocenters. The predicted octanol–water partition coefficient (Wildman–Crippen LogP) is 4.47. The van der Waals surface area contributed by atoms with Gasteiger partial charge in [0, 0.05) is 25.3 Å². The van der Waals surface area contributed by atoms with Crippen molar-refractivity contribution >= 4 is 29.1 Å². The van der Waals surface area contributed by atoms with Gasteiger partial charge in [-0.25, -0.2) is 0 Å². The molecule has 1 heterocycles. The van der Waals surface area contributed by atoms with Crippen LogP contribution < -0.4 is 10.1 Å². The molecule has 1 N–H and O–H groups in total. The molecule has 0 fully saturated rings. The highest BCUT2D eigenvalue weighted by molar-refractivity contribution is 6.34. The van der Waals surface area contributed by atoms with Crippen LogP contribution in [-0.4, -0.2) is 30.8 Å². The first-order chi connectivity index (χ1) is 13.5. The second-order valence-corrected chi connectivity index (χ2v) is 6.63. The second-order valence-electron chi connectivity index (χ2n) is 6.23. The van der Waals surface area contributed by atoms with Crippen LogP contribution in [0.2, 0.25) is 5.02 Å². The molecular weight excluding hydrogens is 380 g/mol. The highest BCUT2D eigenvalue weighted by atomic mass is 35.5. The van der Waals surface area contributed by atoms with E-state index in [1.165, 1.54) is 17.2 Å². The third-order valence-corrected chi connectivity index (χ3v) is 4.27. The van der Waals surface area contributed by atoms with Crippen LogP contribution >= 0.6 is 11.6 Å². The van der Waals surface area contributed by atoms with Gasteiger partial charge in [-0.3, -0.25) is 9.59 Å². The van der Waals surface area contributed by atoms with Crippen LogP contribution in [0.25, 0.3) is 0 Å². The lowest BCUT2D eigenvalue weighted by Gasteiger charge is -2.12. The normalized spacial score (nSPS) is 10.4. The number of halogens is 1. The Bertz CT molecular complexity index is 983. The number of rotatable bonds is 6. The standard InChI is InChI=1S/C21H19ClN2O4/c1-24(2)21(26)17-9-8-15(12-18(17)22)23-20(25)19-14(10-11-27-19)13-28-16-6-4-3-5-7-16/h3-12H,13H2,1-2H3,(H,23,25). The quantitative estimate of drug-likeness (QED) is 0.665. The molecule has 0 aliphatic heterocycles. The number of anilines is 1. The van der Waals surface area contributed by atoms with Crippen LogP contribution in [0.4, 0.5) is 5.69 Å². The van der Waals surface area contributed by atoms with Crippen molar-refractivity contribution in [1.29, 1.82) is 0 Å². The van der Waals surface area contributed by atoms with Gasteiger partial charge in [0.2, 0.25) is 0 Å². The number of ether oxygens (including phenoxy) is 1. The van der Waals surface area contributed by atoms with E-state index in [1.807, 2.05) is 30.3 Å². The topological polar surface area (TPSA) is 71.8 Å². The largest absolute Gasteiger partial charge is 0.489 e. The average molecular weight is 399 g/mol. The first-order valence-electron chi connectivity index (χ1n) is 8.52. The Kier molecular flexibility index (Phi) is 6.01. The Labute approximate surface area is 167 Å². The molecule has 0 radical (unpaired) electrons. The van der Waals surface area contributed by atoms with E-state index >= 15 is 0 Å². The fraction of sp³-hybridized carbons (Fsp3) is 0.143. The van der Waals surface area contributed by atoms with Crippen molar-refractivity contribution in [2.75, 3.05) is 19.4 Å². The molecule has 0 aliphatic rings. The van der Waals surface area contributed by atoms with Crippen molar-refractivity contribution in [1.82, 2.24) is 4.90 Å². The molecule has 2 amide bonds. The number of hydrogen-bond acceptors (Lipinski definition) is 4. The number of para-hydroxylation sites is 1. The maximum Gasteiger partial charge on any atom is 0.291 e. The summed E-state index contributed by atoms with van der Waals surface area (Å²) in [5.74, 6) is 0.206. The maximum absolute atomic E-state index is 12.6. The minimum atomic E-state index is -0.431. The van der Waals surface area contributed by atoms with Gasteiger partial charge in [-0.2, -0.15) is 0 Å². The number of nitrogens with one attached hydrogen (secondary N) is 1. The molecule has 2 aromatic carbocycles. The van der Waals surface area contributed by atoms with E-state index in [-0.39, 0.29) is 23.3 Å². The summed E-state index contributed by atoms with van der Waals surface area (Å²) in [6.07, 6.45) is 1.43. The van der Waals surface area contributed by atoms with Crippen LogP contribution in [0.15, 0.2) is 65.3 Å². The number of benzene rings is 2. The van der Waals surface area contributed by atoms with Crippen molar-refractivity contribution in [3.05, 3.63) is 82.8 Å². The Morgan fingerprint density at radius 3 is 2.54 bits per heavy atom. The summed E-state index contributed by atoms with van der Waals surface area (Å²) in [5, 5.41) is 2.97. The number of hydrogen-bond donors (Lipinski definition) is 1. The Hall–Kier alpha value is -3.25. The first kappa shape index (κ1) is 19.5. The van der Waals surface area contributed by atoms with Crippen LogP contribution in [0, 0.1) is 0 Å². The van der Waals surface area contributed by atoms with Gasteiger partial charge < -0.3 is 19.4 Å². The van der Waals surface area contributed by atoms with Crippen molar-refractivity contribution in [3.8, 4) is 5.75 Å². The zero-order chi connectivity index (χ0) is 20.1. The van der Waals surface area contributed by atoms with E-state index in [4.69, 9.17) is 20.8 Å². The molecule has 1 aromatic heterocycles. The molecule has 28 heavy (non-hydrogen) atoms. The molecule has 0 spiro atoms. The molecular formula is C21H19ClN2O4. The zero-order valence-electron chi connectivity index (χ0n) is 15.4. The van der Waals surface area contributed by atoms with E-state index in [1.54, 1.807) is 32.3 Å². The number of carbonyl (C=O) groups excluding carboxylic acids is 2. The highest BCUT2D eigenvalue weighted by Crippen LogP contribution is 2.23. The SMILES string of the molecule is CN(C)C(=O)c1ccc(NC(=O)c2occc2COc2ccccc2)cc1Cl. The van der Waals surface area contributed by atoms with Crippen LogP contribution in [0.1, 0.15) is 26.5 Å². The van der Waals surface area contributed by atoms with Crippen LogP contribution in [0.5, 0.6) is 5.75 Å². The van der Waals surface area contributed by atoms with Crippen molar-refractivity contribution < 1.29 is 18.7 Å². The molecule has 0 atom stereocenters. The van der Waals surface area contributed by atoms with Gasteiger partial charge in [0.05, 0.1) is 16.8 Å². The Balaban J connectivity index is 1.69. The maximum atomic E-state index is 12.6. The molecule has 0 aliphatic carbocycles. The van der Waals surface area contributed by atoms with Gasteiger partial charge in [-0.1, -0.05) is 29.8 Å². The summed E-state index contributed by atoms with van der Waals surface area (Å²) in [6, 6.07) is 15.7. The number of carbonyl (C=O) groups is 2. The molecule has 6 nitrogen and oxygen atoms in total. The van der Waals surface area contributed by atoms with Crippen molar-refractivity contribution in [2.45, 2.75) is 6.61 Å². The summed E-state index contributed by atoms with van der Waals surface area (Å²) >= 11 is 6.18. The molecule has 0 saturated heterocycles. The summed E-state index contributed by atoms with van der Waals surface area (Å²) in [7, 11) is 3.29. The molecule has 3 rings (SSSR count). The average Bonchev–Trinajstić information content (AvgIpc) is 3.15. The smallest absolute Gasteiger partial charge is 0.291 e. The lowest BCUT2D eigenvalue weighted by molar-refractivity contribution is 0.0827. The molecule has 0 bridgehead atoms. The summed E-state index contributed by atoms with van der Waals surface area (Å²) in [5.41, 5.74) is 1.43. The summed E-state index contributed by atoms with van der Waals surface area (Å²) < 4.78 is 11.0. The molecule has 0 saturated carbocycles. The molecule has 7 heteroatoms. The highest BCUT2D eigenvalue weighted by Gasteiger charge is 2.18. The van der Waals surface area contributed by atoms with Gasteiger partial charge in [0.1, 0.15) is 12.4 Å². The lowest BCUT2D eigenvalue weighted by atomic mass is 10.1. The summed E-state index contributed by atoms with van der Waals surface area (Å²) in [6.45, 7) is 0.195. The van der Waals surface area contributed by atoms with Crippen molar-refractivity contribution in [3.63, 3.8) is 0 Å². The van der Waals surface area contributed by atoms with Crippen LogP contribution in [-0.2, 0) is 6.61 Å². The van der Waals surface area contributed by atoms with Gasteiger partial charge >= 0.3 is 0 Å². The second kappa shape index (κ2) is 8.63. The summed E-state index contributed by atoms with van der Waals surface area (Å²) in [4.78, 5) is 26.0. The number of nitrogens with zero attached hydrogens (tertiary/aromatic N) is 1. The molecule has 3 aromatic rings.